The van der Waals surface area contributed by atoms with E-state index in [1.54, 1.807) is 0 Å². The van der Waals surface area contributed by atoms with Crippen molar-refractivity contribution in [2.75, 3.05) is 39.4 Å². The first kappa shape index (κ1) is 16.7. The molecule has 0 aliphatic carbocycles. The van der Waals surface area contributed by atoms with Gasteiger partial charge < -0.3 is 15.4 Å². The molecule has 21 heavy (non-hydrogen) atoms. The first-order valence-electron chi connectivity index (χ1n) is 8.65. The molecule has 0 saturated carbocycles. The molecule has 2 rings (SSSR count). The van der Waals surface area contributed by atoms with Gasteiger partial charge >= 0.3 is 0 Å². The number of piperidine rings is 1. The fourth-order valence-corrected chi connectivity index (χ4v) is 3.40. The van der Waals surface area contributed by atoms with Crippen molar-refractivity contribution in [3.63, 3.8) is 0 Å². The van der Waals surface area contributed by atoms with E-state index in [1.807, 2.05) is 0 Å². The molecule has 2 saturated heterocycles. The number of hydrogen-bond donors (Lipinski definition) is 2. The Balaban J connectivity index is 1.68. The van der Waals surface area contributed by atoms with Gasteiger partial charge in [0.25, 0.3) is 0 Å². The Hall–Kier alpha value is -0.650. The highest BCUT2D eigenvalue weighted by molar-refractivity contribution is 5.82. The Labute approximate surface area is 128 Å². The molecule has 0 bridgehead atoms. The number of ether oxygens (including phenoxy) is 1. The monoisotopic (exact) mass is 297 g/mol. The van der Waals surface area contributed by atoms with Gasteiger partial charge in [0.05, 0.1) is 6.04 Å². The van der Waals surface area contributed by atoms with E-state index >= 15 is 0 Å². The third kappa shape index (κ3) is 5.24. The summed E-state index contributed by atoms with van der Waals surface area (Å²) in [6.45, 7) is 7.67. The SMILES string of the molecule is CCCOCCCNC(=O)C1CCCN1C1CCNCC1. The van der Waals surface area contributed by atoms with Crippen LogP contribution in [0.15, 0.2) is 0 Å². The molecule has 5 heteroatoms. The van der Waals surface area contributed by atoms with Crippen LogP contribution >= 0.6 is 0 Å². The predicted octanol–water partition coefficient (Wildman–Crippen LogP) is 1.14. The van der Waals surface area contributed by atoms with Crippen molar-refractivity contribution in [1.29, 1.82) is 0 Å². The van der Waals surface area contributed by atoms with Crippen LogP contribution in [-0.4, -0.2) is 62.3 Å². The van der Waals surface area contributed by atoms with Gasteiger partial charge in [0.2, 0.25) is 5.91 Å². The summed E-state index contributed by atoms with van der Waals surface area (Å²) in [6, 6.07) is 0.696. The van der Waals surface area contributed by atoms with Crippen LogP contribution in [0.4, 0.5) is 0 Å². The predicted molar refractivity (Wildman–Crippen MR) is 84.4 cm³/mol. The Kier molecular flexibility index (Phi) is 7.47. The van der Waals surface area contributed by atoms with Crippen molar-refractivity contribution in [3.05, 3.63) is 0 Å². The van der Waals surface area contributed by atoms with Gasteiger partial charge in [-0.05, 0) is 58.2 Å². The van der Waals surface area contributed by atoms with Gasteiger partial charge in [-0.3, -0.25) is 9.69 Å². The van der Waals surface area contributed by atoms with Crippen LogP contribution in [-0.2, 0) is 9.53 Å². The Morgan fingerprint density at radius 1 is 1.29 bits per heavy atom. The molecule has 2 aliphatic rings. The minimum Gasteiger partial charge on any atom is -0.381 e. The van der Waals surface area contributed by atoms with E-state index < -0.39 is 0 Å². The molecule has 0 radical (unpaired) electrons. The largest absolute Gasteiger partial charge is 0.381 e. The lowest BCUT2D eigenvalue weighted by Crippen LogP contribution is -2.50. The molecular weight excluding hydrogens is 266 g/mol. The highest BCUT2D eigenvalue weighted by Crippen LogP contribution is 2.24. The van der Waals surface area contributed by atoms with E-state index in [4.69, 9.17) is 4.74 Å². The molecule has 0 aromatic heterocycles. The lowest BCUT2D eigenvalue weighted by Gasteiger charge is -2.35. The quantitative estimate of drug-likeness (QED) is 0.660. The summed E-state index contributed by atoms with van der Waals surface area (Å²) in [4.78, 5) is 14.8. The minimum atomic E-state index is 0.102. The number of likely N-dealkylation sites (tertiary alicyclic amines) is 1. The first-order valence-corrected chi connectivity index (χ1v) is 8.65. The average Bonchev–Trinajstić information content (AvgIpc) is 3.01. The molecule has 0 spiro atoms. The van der Waals surface area contributed by atoms with Gasteiger partial charge in [-0.15, -0.1) is 0 Å². The molecule has 0 aromatic carbocycles. The molecule has 1 amide bonds. The van der Waals surface area contributed by atoms with Crippen molar-refractivity contribution in [1.82, 2.24) is 15.5 Å². The number of rotatable bonds is 8. The molecule has 2 N–H and O–H groups in total. The number of nitrogens with zero attached hydrogens (tertiary/aromatic N) is 1. The Morgan fingerprint density at radius 2 is 2.10 bits per heavy atom. The van der Waals surface area contributed by atoms with Crippen LogP contribution in [0.5, 0.6) is 0 Å². The van der Waals surface area contributed by atoms with Crippen LogP contribution in [0, 0.1) is 0 Å². The van der Waals surface area contributed by atoms with Crippen molar-refractivity contribution >= 4 is 5.91 Å². The maximum atomic E-state index is 12.4. The molecule has 2 heterocycles. The zero-order valence-corrected chi connectivity index (χ0v) is 13.4. The summed E-state index contributed by atoms with van der Waals surface area (Å²) in [5, 5.41) is 6.49. The number of carbonyl (C=O) groups is 1. The smallest absolute Gasteiger partial charge is 0.237 e. The molecule has 0 aromatic rings. The van der Waals surface area contributed by atoms with Gasteiger partial charge in [-0.2, -0.15) is 0 Å². The van der Waals surface area contributed by atoms with E-state index in [9.17, 15) is 4.79 Å². The molecular formula is C16H31N3O2. The van der Waals surface area contributed by atoms with Gasteiger partial charge in [0.1, 0.15) is 0 Å². The van der Waals surface area contributed by atoms with Crippen molar-refractivity contribution in [3.8, 4) is 0 Å². The highest BCUT2D eigenvalue weighted by Gasteiger charge is 2.35. The highest BCUT2D eigenvalue weighted by atomic mass is 16.5. The summed E-state index contributed by atoms with van der Waals surface area (Å²) in [5.74, 6) is 0.224. The van der Waals surface area contributed by atoms with Gasteiger partial charge in [0, 0.05) is 25.8 Å². The van der Waals surface area contributed by atoms with Crippen LogP contribution in [0.25, 0.3) is 0 Å². The summed E-state index contributed by atoms with van der Waals surface area (Å²) >= 11 is 0. The van der Waals surface area contributed by atoms with E-state index in [2.05, 4.69) is 22.5 Å². The Bertz CT molecular complexity index is 306. The topological polar surface area (TPSA) is 53.6 Å². The number of hydrogen-bond acceptors (Lipinski definition) is 4. The molecule has 2 fully saturated rings. The minimum absolute atomic E-state index is 0.102. The van der Waals surface area contributed by atoms with Gasteiger partial charge in [0.15, 0.2) is 0 Å². The summed E-state index contributed by atoms with van der Waals surface area (Å²) in [5.41, 5.74) is 0. The molecule has 2 aliphatic heterocycles. The van der Waals surface area contributed by atoms with Crippen LogP contribution < -0.4 is 10.6 Å². The summed E-state index contributed by atoms with van der Waals surface area (Å²) < 4.78 is 5.44. The van der Waals surface area contributed by atoms with E-state index in [-0.39, 0.29) is 11.9 Å². The lowest BCUT2D eigenvalue weighted by atomic mass is 10.0. The fraction of sp³-hybridized carbons (Fsp3) is 0.938. The number of nitrogens with one attached hydrogen (secondary N) is 2. The molecule has 122 valence electrons. The van der Waals surface area contributed by atoms with E-state index in [0.717, 1.165) is 65.1 Å². The fourth-order valence-electron chi connectivity index (χ4n) is 3.40. The summed E-state index contributed by atoms with van der Waals surface area (Å²) in [7, 11) is 0. The van der Waals surface area contributed by atoms with Gasteiger partial charge in [-0.1, -0.05) is 6.92 Å². The van der Waals surface area contributed by atoms with Gasteiger partial charge in [-0.25, -0.2) is 0 Å². The Morgan fingerprint density at radius 3 is 2.86 bits per heavy atom. The van der Waals surface area contributed by atoms with Crippen molar-refractivity contribution in [2.24, 2.45) is 0 Å². The normalized spacial score (nSPS) is 24.3. The van der Waals surface area contributed by atoms with Crippen molar-refractivity contribution in [2.45, 2.75) is 57.5 Å². The number of carbonyl (C=O) groups excluding carboxylic acids is 1. The zero-order valence-electron chi connectivity index (χ0n) is 13.4. The second kappa shape index (κ2) is 9.38. The van der Waals surface area contributed by atoms with Crippen LogP contribution in [0.3, 0.4) is 0 Å². The molecule has 1 atom stereocenters. The standard InChI is InChI=1S/C16H31N3O2/c1-2-12-21-13-4-8-18-16(20)15-5-3-11-19(15)14-6-9-17-10-7-14/h14-15,17H,2-13H2,1H3,(H,18,20). The molecule has 1 unspecified atom stereocenters. The lowest BCUT2D eigenvalue weighted by molar-refractivity contribution is -0.126. The van der Waals surface area contributed by atoms with E-state index in [1.165, 1.54) is 12.8 Å². The first-order chi connectivity index (χ1) is 10.3. The van der Waals surface area contributed by atoms with Crippen LogP contribution in [0.2, 0.25) is 0 Å². The van der Waals surface area contributed by atoms with Crippen LogP contribution in [0.1, 0.15) is 45.4 Å². The zero-order chi connectivity index (χ0) is 14.9. The summed E-state index contributed by atoms with van der Waals surface area (Å²) in [6.07, 6.45) is 6.48. The van der Waals surface area contributed by atoms with E-state index in [0.29, 0.717) is 6.04 Å². The van der Waals surface area contributed by atoms with Crippen molar-refractivity contribution < 1.29 is 9.53 Å². The third-order valence-corrected chi connectivity index (χ3v) is 4.49. The second-order valence-corrected chi connectivity index (χ2v) is 6.13. The second-order valence-electron chi connectivity index (χ2n) is 6.13. The number of amides is 1. The third-order valence-electron chi connectivity index (χ3n) is 4.49. The molecule has 5 nitrogen and oxygen atoms in total. The average molecular weight is 297 g/mol. The maximum Gasteiger partial charge on any atom is 0.237 e. The maximum absolute atomic E-state index is 12.4.